The largest absolute Gasteiger partial charge is 0.435 e. The molecule has 2 aromatic heterocycles. The van der Waals surface area contributed by atoms with Crippen LogP contribution >= 0.6 is 11.3 Å². The lowest BCUT2D eigenvalue weighted by atomic mass is 10.1. The molecule has 37 heavy (non-hydrogen) atoms. The van der Waals surface area contributed by atoms with Crippen LogP contribution in [0.25, 0.3) is 15.9 Å². The number of halogens is 2. The Morgan fingerprint density at radius 2 is 1.86 bits per heavy atom. The standard InChI is InChI=1S/C26H29F2N5O3S/c27-26(28)36-19-3-1-2-18(14-19)21(29)4-5-30-24-16-23(33-8-12-35-13-9-33)25-22(31-24)15-20(37-25)17-32-6-10-34-11-7-32/h1-5,14-16,26H,6-13,17,29H2/b21-4-,30-5?. The van der Waals surface area contributed by atoms with Gasteiger partial charge in [0.15, 0.2) is 5.82 Å². The van der Waals surface area contributed by atoms with E-state index in [4.69, 9.17) is 20.2 Å². The van der Waals surface area contributed by atoms with Crippen molar-refractivity contribution in [3.8, 4) is 5.75 Å². The second kappa shape index (κ2) is 12.0. The summed E-state index contributed by atoms with van der Waals surface area (Å²) < 4.78 is 41.7. The molecule has 0 aliphatic carbocycles. The van der Waals surface area contributed by atoms with E-state index in [2.05, 4.69) is 25.6 Å². The highest BCUT2D eigenvalue weighted by Crippen LogP contribution is 2.37. The number of ether oxygens (including phenoxy) is 3. The molecule has 2 fully saturated rings. The van der Waals surface area contributed by atoms with Crippen LogP contribution in [0.3, 0.4) is 0 Å². The van der Waals surface area contributed by atoms with E-state index >= 15 is 0 Å². The van der Waals surface area contributed by atoms with Gasteiger partial charge in [0, 0.05) is 61.1 Å². The summed E-state index contributed by atoms with van der Waals surface area (Å²) in [5.74, 6) is 0.622. The van der Waals surface area contributed by atoms with Gasteiger partial charge in [0.25, 0.3) is 0 Å². The number of nitrogens with two attached hydrogens (primary N) is 1. The summed E-state index contributed by atoms with van der Waals surface area (Å²) in [5, 5.41) is 0. The molecule has 8 nitrogen and oxygen atoms in total. The lowest BCUT2D eigenvalue weighted by molar-refractivity contribution is -0.0498. The number of allylic oxidation sites excluding steroid dienone is 1. The fourth-order valence-electron chi connectivity index (χ4n) is 4.35. The van der Waals surface area contributed by atoms with Crippen molar-refractivity contribution >= 4 is 45.0 Å². The summed E-state index contributed by atoms with van der Waals surface area (Å²) in [6.45, 7) is 4.35. The van der Waals surface area contributed by atoms with Crippen molar-refractivity contribution < 1.29 is 23.0 Å². The van der Waals surface area contributed by atoms with Crippen molar-refractivity contribution in [2.45, 2.75) is 13.2 Å². The average Bonchev–Trinajstić information content (AvgIpc) is 3.31. The van der Waals surface area contributed by atoms with Crippen LogP contribution in [0.4, 0.5) is 20.3 Å². The van der Waals surface area contributed by atoms with Gasteiger partial charge in [-0.3, -0.25) is 4.90 Å². The number of anilines is 1. The number of benzene rings is 1. The zero-order chi connectivity index (χ0) is 25.6. The van der Waals surface area contributed by atoms with Crippen LogP contribution in [0.1, 0.15) is 10.4 Å². The van der Waals surface area contributed by atoms with E-state index in [1.807, 2.05) is 6.07 Å². The van der Waals surface area contributed by atoms with Gasteiger partial charge in [-0.2, -0.15) is 8.78 Å². The molecule has 0 atom stereocenters. The van der Waals surface area contributed by atoms with Gasteiger partial charge < -0.3 is 24.8 Å². The van der Waals surface area contributed by atoms with Gasteiger partial charge in [-0.05, 0) is 24.3 Å². The van der Waals surface area contributed by atoms with E-state index in [0.29, 0.717) is 30.3 Å². The first-order chi connectivity index (χ1) is 18.0. The van der Waals surface area contributed by atoms with Gasteiger partial charge >= 0.3 is 6.61 Å². The molecule has 1 aromatic carbocycles. The molecule has 0 radical (unpaired) electrons. The first kappa shape index (κ1) is 25.5. The van der Waals surface area contributed by atoms with Gasteiger partial charge in [-0.1, -0.05) is 12.1 Å². The predicted octanol–water partition coefficient (Wildman–Crippen LogP) is 4.27. The molecule has 11 heteroatoms. The minimum atomic E-state index is -2.89. The first-order valence-corrected chi connectivity index (χ1v) is 13.0. The monoisotopic (exact) mass is 529 g/mol. The van der Waals surface area contributed by atoms with E-state index < -0.39 is 6.61 Å². The SMILES string of the molecule is N/C(=C\C=Nc1cc(N2CCOCC2)c2sc(CN3CCOCC3)cc2n1)c1cccc(OC(F)F)c1. The Bertz CT molecular complexity index is 1270. The van der Waals surface area contributed by atoms with Crippen molar-refractivity contribution in [1.82, 2.24) is 9.88 Å². The lowest BCUT2D eigenvalue weighted by Crippen LogP contribution is -2.36. The van der Waals surface area contributed by atoms with Crippen molar-refractivity contribution in [3.05, 3.63) is 52.9 Å². The molecule has 3 aromatic rings. The Morgan fingerprint density at radius 1 is 1.11 bits per heavy atom. The van der Waals surface area contributed by atoms with Crippen LogP contribution in [-0.2, 0) is 16.0 Å². The number of aromatic nitrogens is 1. The maximum atomic E-state index is 12.5. The molecule has 4 heterocycles. The van der Waals surface area contributed by atoms with E-state index in [9.17, 15) is 8.78 Å². The topological polar surface area (TPSA) is 85.4 Å². The number of pyridine rings is 1. The molecular formula is C26H29F2N5O3S. The van der Waals surface area contributed by atoms with Gasteiger partial charge in [-0.25, -0.2) is 9.98 Å². The quantitative estimate of drug-likeness (QED) is 0.436. The summed E-state index contributed by atoms with van der Waals surface area (Å²) in [6.07, 6.45) is 3.20. The fourth-order valence-corrected chi connectivity index (χ4v) is 5.53. The zero-order valence-electron chi connectivity index (χ0n) is 20.3. The fraction of sp³-hybridized carbons (Fsp3) is 0.385. The molecule has 2 aliphatic rings. The van der Waals surface area contributed by atoms with Crippen LogP contribution in [0.15, 0.2) is 47.5 Å². The van der Waals surface area contributed by atoms with Crippen molar-refractivity contribution in [1.29, 1.82) is 0 Å². The third-order valence-electron chi connectivity index (χ3n) is 6.19. The Kier molecular flexibility index (Phi) is 8.24. The molecule has 196 valence electrons. The predicted molar refractivity (Wildman–Crippen MR) is 142 cm³/mol. The summed E-state index contributed by atoms with van der Waals surface area (Å²) >= 11 is 1.77. The number of rotatable bonds is 8. The zero-order valence-corrected chi connectivity index (χ0v) is 21.1. The number of hydrogen-bond acceptors (Lipinski definition) is 9. The number of fused-ring (bicyclic) bond motifs is 1. The second-order valence-electron chi connectivity index (χ2n) is 8.72. The van der Waals surface area contributed by atoms with Crippen molar-refractivity contribution in [3.63, 3.8) is 0 Å². The number of nitrogens with zero attached hydrogens (tertiary/aromatic N) is 4. The highest BCUT2D eigenvalue weighted by atomic mass is 32.1. The highest BCUT2D eigenvalue weighted by molar-refractivity contribution is 7.19. The van der Waals surface area contributed by atoms with E-state index in [0.717, 1.165) is 61.8 Å². The van der Waals surface area contributed by atoms with Gasteiger partial charge in [0.2, 0.25) is 0 Å². The number of hydrogen-bond donors (Lipinski definition) is 1. The van der Waals surface area contributed by atoms with Crippen LogP contribution in [0, 0.1) is 0 Å². The number of morpholine rings is 2. The van der Waals surface area contributed by atoms with Gasteiger partial charge in [0.1, 0.15) is 5.75 Å². The van der Waals surface area contributed by atoms with E-state index in [-0.39, 0.29) is 5.75 Å². The molecule has 2 N–H and O–H groups in total. The summed E-state index contributed by atoms with van der Waals surface area (Å²) in [5.41, 5.74) is 9.12. The maximum absolute atomic E-state index is 12.5. The molecule has 0 saturated carbocycles. The summed E-state index contributed by atoms with van der Waals surface area (Å²) in [6, 6.07) is 10.4. The van der Waals surface area contributed by atoms with E-state index in [1.165, 1.54) is 17.0 Å². The third kappa shape index (κ3) is 6.61. The molecule has 2 saturated heterocycles. The van der Waals surface area contributed by atoms with Crippen molar-refractivity contribution in [2.24, 2.45) is 10.7 Å². The molecule has 0 unspecified atom stereocenters. The smallest absolute Gasteiger partial charge is 0.387 e. The lowest BCUT2D eigenvalue weighted by Gasteiger charge is -2.29. The van der Waals surface area contributed by atoms with Crippen LogP contribution < -0.4 is 15.4 Å². The third-order valence-corrected chi connectivity index (χ3v) is 7.32. The molecule has 5 rings (SSSR count). The maximum Gasteiger partial charge on any atom is 0.387 e. The van der Waals surface area contributed by atoms with Gasteiger partial charge in [0.05, 0.1) is 42.3 Å². The first-order valence-electron chi connectivity index (χ1n) is 12.2. The van der Waals surface area contributed by atoms with Crippen molar-refractivity contribution in [2.75, 3.05) is 57.5 Å². The summed E-state index contributed by atoms with van der Waals surface area (Å²) in [7, 11) is 0. The molecule has 2 aliphatic heterocycles. The van der Waals surface area contributed by atoms with E-state index in [1.54, 1.807) is 35.8 Å². The minimum Gasteiger partial charge on any atom is -0.435 e. The minimum absolute atomic E-state index is 0.0494. The molecule has 0 spiro atoms. The van der Waals surface area contributed by atoms with Crippen LogP contribution in [0.2, 0.25) is 0 Å². The van der Waals surface area contributed by atoms with Crippen LogP contribution in [0.5, 0.6) is 5.75 Å². The number of alkyl halides is 2. The molecule has 0 bridgehead atoms. The number of thiophene rings is 1. The highest BCUT2D eigenvalue weighted by Gasteiger charge is 2.19. The average molecular weight is 530 g/mol. The van der Waals surface area contributed by atoms with Gasteiger partial charge in [-0.15, -0.1) is 11.3 Å². The number of aliphatic imine (C=N–C) groups is 1. The molecular weight excluding hydrogens is 500 g/mol. The van der Waals surface area contributed by atoms with Crippen LogP contribution in [-0.4, -0.2) is 75.3 Å². The second-order valence-corrected chi connectivity index (χ2v) is 9.86. The molecule has 0 amide bonds. The normalized spacial score (nSPS) is 17.8. The Hall–Kier alpha value is -3.12. The Labute approximate surface area is 217 Å². The Morgan fingerprint density at radius 3 is 2.62 bits per heavy atom. The Balaban J connectivity index is 1.40. The summed E-state index contributed by atoms with van der Waals surface area (Å²) in [4.78, 5) is 15.3.